The Morgan fingerprint density at radius 1 is 0.903 bits per heavy atom. The Kier molecular flexibility index (Phi) is 5.12. The maximum atomic E-state index is 10.9. The van der Waals surface area contributed by atoms with Crippen molar-refractivity contribution in [2.45, 2.75) is 0 Å². The number of carbonyl (C=O) groups is 1. The Labute approximate surface area is 183 Å². The molecule has 31 heavy (non-hydrogen) atoms. The average Bonchev–Trinajstić information content (AvgIpc) is 3.30. The molecular weight excluding hydrogens is 406 g/mol. The lowest BCUT2D eigenvalue weighted by Gasteiger charge is -2.11. The molecule has 2 heterocycles. The van der Waals surface area contributed by atoms with Crippen molar-refractivity contribution in [3.63, 3.8) is 0 Å². The number of hydrogen-bond acceptors (Lipinski definition) is 6. The van der Waals surface area contributed by atoms with Gasteiger partial charge in [0.05, 0.1) is 11.2 Å². The Bertz CT molecular complexity index is 1350. The predicted molar refractivity (Wildman–Crippen MR) is 124 cm³/mol. The topological polar surface area (TPSA) is 64.1 Å². The Balaban J connectivity index is 1.38. The highest BCUT2D eigenvalue weighted by atomic mass is 32.1. The number of aromatic nitrogens is 2. The third kappa shape index (κ3) is 4.15. The molecule has 0 spiro atoms. The van der Waals surface area contributed by atoms with Gasteiger partial charge in [0.25, 0.3) is 0 Å². The number of para-hydroxylation sites is 1. The number of aldehydes is 1. The fraction of sp³-hybridized carbons (Fsp3) is 0. The number of anilines is 2. The molecule has 0 aliphatic heterocycles. The lowest BCUT2D eigenvalue weighted by molar-refractivity contribution is 0.112. The molecule has 150 valence electrons. The quantitative estimate of drug-likeness (QED) is 0.308. The second kappa shape index (κ2) is 8.38. The van der Waals surface area contributed by atoms with Crippen molar-refractivity contribution in [2.24, 2.45) is 0 Å². The smallest absolute Gasteiger partial charge is 0.178 e. The van der Waals surface area contributed by atoms with E-state index in [2.05, 4.69) is 15.3 Å². The highest BCUT2D eigenvalue weighted by Gasteiger charge is 2.08. The molecule has 0 aliphatic rings. The van der Waals surface area contributed by atoms with Crippen LogP contribution in [0.25, 0.3) is 22.2 Å². The van der Waals surface area contributed by atoms with Crippen LogP contribution in [0, 0.1) is 0 Å². The maximum absolute atomic E-state index is 10.9. The van der Waals surface area contributed by atoms with Crippen LogP contribution in [-0.4, -0.2) is 16.3 Å². The van der Waals surface area contributed by atoms with Crippen molar-refractivity contribution in [3.05, 3.63) is 95.4 Å². The van der Waals surface area contributed by atoms with Crippen molar-refractivity contribution >= 4 is 39.9 Å². The van der Waals surface area contributed by atoms with Gasteiger partial charge in [-0.1, -0.05) is 30.3 Å². The van der Waals surface area contributed by atoms with E-state index in [0.717, 1.165) is 51.3 Å². The maximum Gasteiger partial charge on any atom is 0.178 e. The predicted octanol–water partition coefficient (Wildman–Crippen LogP) is 6.71. The lowest BCUT2D eigenvalue weighted by atomic mass is 10.1. The number of ether oxygens (including phenoxy) is 1. The summed E-state index contributed by atoms with van der Waals surface area (Å²) in [6.07, 6.45) is 2.55. The molecule has 3 aromatic carbocycles. The van der Waals surface area contributed by atoms with Crippen LogP contribution in [0.1, 0.15) is 9.80 Å². The van der Waals surface area contributed by atoms with Crippen LogP contribution in [0.5, 0.6) is 11.5 Å². The lowest BCUT2D eigenvalue weighted by Crippen LogP contribution is -1.93. The number of nitrogens with zero attached hydrogens (tertiary/aromatic N) is 2. The van der Waals surface area contributed by atoms with Crippen molar-refractivity contribution in [1.82, 2.24) is 9.97 Å². The van der Waals surface area contributed by atoms with E-state index in [9.17, 15) is 4.79 Å². The van der Waals surface area contributed by atoms with E-state index in [0.29, 0.717) is 5.01 Å². The van der Waals surface area contributed by atoms with E-state index in [1.54, 1.807) is 6.20 Å². The molecule has 0 saturated carbocycles. The van der Waals surface area contributed by atoms with Crippen molar-refractivity contribution in [1.29, 1.82) is 0 Å². The second-order valence-corrected chi connectivity index (χ2v) is 7.73. The highest BCUT2D eigenvalue weighted by Crippen LogP contribution is 2.30. The molecule has 6 heteroatoms. The number of pyridine rings is 1. The largest absolute Gasteiger partial charge is 0.457 e. The molecule has 0 unspecified atom stereocenters. The molecule has 0 bridgehead atoms. The molecule has 5 aromatic rings. The molecule has 0 amide bonds. The fourth-order valence-corrected chi connectivity index (χ4v) is 3.90. The Morgan fingerprint density at radius 3 is 2.48 bits per heavy atom. The first kappa shape index (κ1) is 19.0. The molecule has 0 saturated heterocycles. The minimum atomic E-state index is 0.471. The van der Waals surface area contributed by atoms with Crippen LogP contribution >= 0.6 is 11.3 Å². The highest BCUT2D eigenvalue weighted by molar-refractivity contribution is 7.11. The fourth-order valence-electron chi connectivity index (χ4n) is 3.28. The first-order chi connectivity index (χ1) is 15.3. The summed E-state index contributed by atoms with van der Waals surface area (Å²) in [7, 11) is 0. The van der Waals surface area contributed by atoms with Crippen LogP contribution in [-0.2, 0) is 0 Å². The second-order valence-electron chi connectivity index (χ2n) is 6.84. The summed E-state index contributed by atoms with van der Waals surface area (Å²) >= 11 is 1.33. The minimum absolute atomic E-state index is 0.471. The SMILES string of the molecule is O=Cc1nc(-c2ccc3c(Nc4ccc(Oc5ccccc5)cc4)ccnc3c2)cs1. The molecule has 5 nitrogen and oxygen atoms in total. The summed E-state index contributed by atoms with van der Waals surface area (Å²) in [5.74, 6) is 1.58. The third-order valence-corrected chi connectivity index (χ3v) is 5.54. The van der Waals surface area contributed by atoms with Crippen LogP contribution in [0.4, 0.5) is 11.4 Å². The van der Waals surface area contributed by atoms with Gasteiger partial charge in [-0.05, 0) is 48.5 Å². The standard InChI is InChI=1S/C25H17N3O2S/c29-15-25-28-24(16-31-25)17-6-11-21-22(12-13-26-23(21)14-17)27-18-7-9-20(10-8-18)30-19-4-2-1-3-5-19/h1-16H,(H,26,27). The molecule has 0 fully saturated rings. The van der Waals surface area contributed by atoms with Gasteiger partial charge in [0, 0.05) is 33.9 Å². The van der Waals surface area contributed by atoms with Crippen molar-refractivity contribution < 1.29 is 9.53 Å². The summed E-state index contributed by atoms with van der Waals surface area (Å²) in [6, 6.07) is 25.5. The van der Waals surface area contributed by atoms with E-state index >= 15 is 0 Å². The van der Waals surface area contributed by atoms with Gasteiger partial charge in [-0.25, -0.2) is 4.98 Å². The van der Waals surface area contributed by atoms with Gasteiger partial charge in [0.1, 0.15) is 11.5 Å². The number of hydrogen-bond donors (Lipinski definition) is 1. The van der Waals surface area contributed by atoms with Crippen LogP contribution in [0.2, 0.25) is 0 Å². The summed E-state index contributed by atoms with van der Waals surface area (Å²) in [4.78, 5) is 19.7. The molecular formula is C25H17N3O2S. The van der Waals surface area contributed by atoms with E-state index in [1.807, 2.05) is 84.2 Å². The summed E-state index contributed by atoms with van der Waals surface area (Å²) in [6.45, 7) is 0. The van der Waals surface area contributed by atoms with Gasteiger partial charge in [0.15, 0.2) is 11.3 Å². The number of carbonyl (C=O) groups excluding carboxylic acids is 1. The zero-order valence-corrected chi connectivity index (χ0v) is 17.2. The molecule has 0 atom stereocenters. The van der Waals surface area contributed by atoms with Crippen LogP contribution in [0.3, 0.4) is 0 Å². The van der Waals surface area contributed by atoms with Gasteiger partial charge in [-0.2, -0.15) is 0 Å². The van der Waals surface area contributed by atoms with Crippen molar-refractivity contribution in [3.8, 4) is 22.8 Å². The number of rotatable bonds is 6. The first-order valence-electron chi connectivity index (χ1n) is 9.68. The molecule has 0 aliphatic carbocycles. The third-order valence-electron chi connectivity index (χ3n) is 4.77. The molecule has 1 N–H and O–H groups in total. The molecule has 5 rings (SSSR count). The van der Waals surface area contributed by atoms with Gasteiger partial charge in [0.2, 0.25) is 0 Å². The van der Waals surface area contributed by atoms with E-state index in [4.69, 9.17) is 4.74 Å². The van der Waals surface area contributed by atoms with Gasteiger partial charge >= 0.3 is 0 Å². The van der Waals surface area contributed by atoms with Gasteiger partial charge < -0.3 is 10.1 Å². The summed E-state index contributed by atoms with van der Waals surface area (Å²) in [5, 5.41) is 6.81. The first-order valence-corrected chi connectivity index (χ1v) is 10.6. The minimum Gasteiger partial charge on any atom is -0.457 e. The average molecular weight is 423 g/mol. The van der Waals surface area contributed by atoms with E-state index in [1.165, 1.54) is 11.3 Å². The summed E-state index contributed by atoms with van der Waals surface area (Å²) in [5.41, 5.74) is 4.48. The van der Waals surface area contributed by atoms with Crippen molar-refractivity contribution in [2.75, 3.05) is 5.32 Å². The number of nitrogens with one attached hydrogen (secondary N) is 1. The van der Waals surface area contributed by atoms with Crippen LogP contribution < -0.4 is 10.1 Å². The van der Waals surface area contributed by atoms with E-state index in [-0.39, 0.29) is 0 Å². The summed E-state index contributed by atoms with van der Waals surface area (Å²) < 4.78 is 5.85. The van der Waals surface area contributed by atoms with Crippen LogP contribution in [0.15, 0.2) is 90.4 Å². The molecule has 2 aromatic heterocycles. The normalized spacial score (nSPS) is 10.7. The Morgan fingerprint density at radius 2 is 1.71 bits per heavy atom. The number of fused-ring (bicyclic) bond motifs is 1. The zero-order valence-electron chi connectivity index (χ0n) is 16.4. The van der Waals surface area contributed by atoms with Gasteiger partial charge in [-0.3, -0.25) is 9.78 Å². The molecule has 0 radical (unpaired) electrons. The Hall–Kier alpha value is -4.03. The van der Waals surface area contributed by atoms with Gasteiger partial charge in [-0.15, -0.1) is 11.3 Å². The monoisotopic (exact) mass is 423 g/mol. The van der Waals surface area contributed by atoms with E-state index < -0.39 is 0 Å². The zero-order chi connectivity index (χ0) is 21.0. The number of benzene rings is 3. The number of thiazole rings is 1.